The molecular weight excluding hydrogens is 296 g/mol. The van der Waals surface area contributed by atoms with Crippen molar-refractivity contribution in [2.24, 2.45) is 0 Å². The van der Waals surface area contributed by atoms with Crippen LogP contribution >= 0.6 is 15.9 Å². The van der Waals surface area contributed by atoms with E-state index in [0.717, 1.165) is 10.9 Å². The van der Waals surface area contributed by atoms with Crippen molar-refractivity contribution in [1.29, 1.82) is 0 Å². The van der Waals surface area contributed by atoms with E-state index in [0.29, 0.717) is 0 Å². The molecule has 0 saturated heterocycles. The van der Waals surface area contributed by atoms with Gasteiger partial charge < -0.3 is 0 Å². The molecule has 96 valence electrons. The number of halogens is 1. The Morgan fingerprint density at radius 1 is 1.11 bits per heavy atom. The summed E-state index contributed by atoms with van der Waals surface area (Å²) in [7, 11) is 0. The maximum atomic E-state index is 4.29. The summed E-state index contributed by atoms with van der Waals surface area (Å²) >= 11 is 3.61. The molecule has 0 fully saturated rings. The third-order valence-electron chi connectivity index (χ3n) is 4.38. The standard InChI is InChI=1S/C18H17Br/c1-4-18(12(2)3)16-8-6-5-7-14(16)15-10-9-13(19)11-17(15)18/h5-11H,2,4H2,1,3H3. The van der Waals surface area contributed by atoms with E-state index in [4.69, 9.17) is 0 Å². The van der Waals surface area contributed by atoms with Crippen LogP contribution in [0.2, 0.25) is 0 Å². The Kier molecular flexibility index (Phi) is 2.90. The number of fused-ring (bicyclic) bond motifs is 3. The van der Waals surface area contributed by atoms with Gasteiger partial charge in [-0.05, 0) is 47.7 Å². The molecule has 0 saturated carbocycles. The van der Waals surface area contributed by atoms with E-state index in [1.165, 1.54) is 27.8 Å². The second-order valence-electron chi connectivity index (χ2n) is 5.27. The molecule has 0 heterocycles. The first kappa shape index (κ1) is 12.7. The van der Waals surface area contributed by atoms with Gasteiger partial charge in [-0.25, -0.2) is 0 Å². The van der Waals surface area contributed by atoms with Gasteiger partial charge in [0.25, 0.3) is 0 Å². The Morgan fingerprint density at radius 2 is 1.79 bits per heavy atom. The van der Waals surface area contributed by atoms with E-state index >= 15 is 0 Å². The van der Waals surface area contributed by atoms with Crippen molar-refractivity contribution in [1.82, 2.24) is 0 Å². The number of hydrogen-bond acceptors (Lipinski definition) is 0. The minimum absolute atomic E-state index is 0.0320. The maximum absolute atomic E-state index is 4.29. The smallest absolute Gasteiger partial charge is 0.0415 e. The molecule has 19 heavy (non-hydrogen) atoms. The van der Waals surface area contributed by atoms with Crippen LogP contribution in [-0.2, 0) is 5.41 Å². The molecule has 2 aromatic carbocycles. The summed E-state index contributed by atoms with van der Waals surface area (Å²) < 4.78 is 1.14. The van der Waals surface area contributed by atoms with Crippen molar-refractivity contribution in [3.63, 3.8) is 0 Å². The third-order valence-corrected chi connectivity index (χ3v) is 4.87. The van der Waals surface area contributed by atoms with E-state index in [-0.39, 0.29) is 5.41 Å². The van der Waals surface area contributed by atoms with Gasteiger partial charge in [-0.15, -0.1) is 0 Å². The van der Waals surface area contributed by atoms with Crippen LogP contribution in [0.15, 0.2) is 59.1 Å². The molecule has 0 spiro atoms. The zero-order valence-electron chi connectivity index (χ0n) is 11.3. The summed E-state index contributed by atoms with van der Waals surface area (Å²) in [5.74, 6) is 0. The van der Waals surface area contributed by atoms with Gasteiger partial charge in [0.2, 0.25) is 0 Å². The lowest BCUT2D eigenvalue weighted by molar-refractivity contribution is 0.596. The van der Waals surface area contributed by atoms with Crippen LogP contribution in [0.3, 0.4) is 0 Å². The zero-order chi connectivity index (χ0) is 13.6. The first-order valence-electron chi connectivity index (χ1n) is 6.67. The fourth-order valence-corrected chi connectivity index (χ4v) is 3.84. The quantitative estimate of drug-likeness (QED) is 0.624. The van der Waals surface area contributed by atoms with Crippen LogP contribution in [0.4, 0.5) is 0 Å². The van der Waals surface area contributed by atoms with Crippen LogP contribution in [-0.4, -0.2) is 0 Å². The Morgan fingerprint density at radius 3 is 2.47 bits per heavy atom. The highest BCUT2D eigenvalue weighted by molar-refractivity contribution is 9.10. The number of allylic oxidation sites excluding steroid dienone is 1. The first-order chi connectivity index (χ1) is 9.11. The Bertz CT molecular complexity index is 669. The molecule has 2 aromatic rings. The van der Waals surface area contributed by atoms with Crippen LogP contribution in [0.5, 0.6) is 0 Å². The van der Waals surface area contributed by atoms with Crippen molar-refractivity contribution < 1.29 is 0 Å². The molecule has 1 heteroatoms. The summed E-state index contributed by atoms with van der Waals surface area (Å²) in [6.07, 6.45) is 1.04. The van der Waals surface area contributed by atoms with Crippen LogP contribution in [0.25, 0.3) is 11.1 Å². The van der Waals surface area contributed by atoms with E-state index in [9.17, 15) is 0 Å². The molecule has 0 amide bonds. The second-order valence-corrected chi connectivity index (χ2v) is 6.19. The summed E-state index contributed by atoms with van der Waals surface area (Å²) in [5.41, 5.74) is 6.68. The van der Waals surface area contributed by atoms with Crippen molar-refractivity contribution in [3.05, 3.63) is 70.2 Å². The summed E-state index contributed by atoms with van der Waals surface area (Å²) in [4.78, 5) is 0. The summed E-state index contributed by atoms with van der Waals surface area (Å²) in [5, 5.41) is 0. The van der Waals surface area contributed by atoms with Gasteiger partial charge in [-0.2, -0.15) is 0 Å². The Hall–Kier alpha value is -1.34. The van der Waals surface area contributed by atoms with Gasteiger partial charge in [0, 0.05) is 9.89 Å². The molecule has 0 radical (unpaired) electrons. The normalized spacial score (nSPS) is 19.9. The van der Waals surface area contributed by atoms with E-state index in [2.05, 4.69) is 78.8 Å². The predicted molar refractivity (Wildman–Crippen MR) is 85.5 cm³/mol. The van der Waals surface area contributed by atoms with E-state index < -0.39 is 0 Å². The summed E-state index contributed by atoms with van der Waals surface area (Å²) in [6, 6.07) is 15.3. The number of benzene rings is 2. The highest BCUT2D eigenvalue weighted by Gasteiger charge is 2.42. The van der Waals surface area contributed by atoms with Gasteiger partial charge in [-0.3, -0.25) is 0 Å². The van der Waals surface area contributed by atoms with Crippen molar-refractivity contribution in [3.8, 4) is 11.1 Å². The first-order valence-corrected chi connectivity index (χ1v) is 7.46. The molecule has 3 rings (SSSR count). The molecule has 0 nitrogen and oxygen atoms in total. The maximum Gasteiger partial charge on any atom is 0.0415 e. The van der Waals surface area contributed by atoms with Crippen molar-refractivity contribution in [2.75, 3.05) is 0 Å². The number of hydrogen-bond donors (Lipinski definition) is 0. The van der Waals surface area contributed by atoms with E-state index in [1.54, 1.807) is 0 Å². The van der Waals surface area contributed by atoms with Gasteiger partial charge >= 0.3 is 0 Å². The van der Waals surface area contributed by atoms with Crippen LogP contribution in [0.1, 0.15) is 31.4 Å². The zero-order valence-corrected chi connectivity index (χ0v) is 12.9. The third kappa shape index (κ3) is 1.58. The van der Waals surface area contributed by atoms with Gasteiger partial charge in [0.1, 0.15) is 0 Å². The van der Waals surface area contributed by atoms with Crippen molar-refractivity contribution in [2.45, 2.75) is 25.7 Å². The Balaban J connectivity index is 2.44. The van der Waals surface area contributed by atoms with Gasteiger partial charge in [-0.1, -0.05) is 65.3 Å². The molecule has 0 aromatic heterocycles. The van der Waals surface area contributed by atoms with Crippen LogP contribution in [0, 0.1) is 0 Å². The lowest BCUT2D eigenvalue weighted by atomic mass is 9.71. The molecule has 1 aliphatic carbocycles. The monoisotopic (exact) mass is 312 g/mol. The Labute approximate surface area is 123 Å². The predicted octanol–water partition coefficient (Wildman–Crippen LogP) is 5.70. The average Bonchev–Trinajstić information content (AvgIpc) is 2.69. The number of rotatable bonds is 2. The molecule has 1 unspecified atom stereocenters. The fraction of sp³-hybridized carbons (Fsp3) is 0.222. The minimum atomic E-state index is -0.0320. The highest BCUT2D eigenvalue weighted by Crippen LogP contribution is 2.54. The molecular formula is C18H17Br. The van der Waals surface area contributed by atoms with Crippen molar-refractivity contribution >= 4 is 15.9 Å². The second kappa shape index (κ2) is 4.35. The lowest BCUT2D eigenvalue weighted by Crippen LogP contribution is -2.25. The molecule has 1 aliphatic rings. The molecule has 1 atom stereocenters. The largest absolute Gasteiger partial charge is 0.0989 e. The van der Waals surface area contributed by atoms with Gasteiger partial charge in [0.15, 0.2) is 0 Å². The average molecular weight is 313 g/mol. The van der Waals surface area contributed by atoms with Crippen LogP contribution < -0.4 is 0 Å². The molecule has 0 bridgehead atoms. The van der Waals surface area contributed by atoms with E-state index in [1.807, 2.05) is 0 Å². The SMILES string of the molecule is C=C(C)C1(CC)c2ccccc2-c2ccc(Br)cc21. The topological polar surface area (TPSA) is 0 Å². The summed E-state index contributed by atoms with van der Waals surface area (Å²) in [6.45, 7) is 8.69. The fourth-order valence-electron chi connectivity index (χ4n) is 3.48. The molecule has 0 aliphatic heterocycles. The van der Waals surface area contributed by atoms with Gasteiger partial charge in [0.05, 0.1) is 0 Å². The minimum Gasteiger partial charge on any atom is -0.0989 e. The highest BCUT2D eigenvalue weighted by atomic mass is 79.9. The molecule has 0 N–H and O–H groups in total. The lowest BCUT2D eigenvalue weighted by Gasteiger charge is -2.31.